The van der Waals surface area contributed by atoms with Gasteiger partial charge >= 0.3 is 0 Å². The summed E-state index contributed by atoms with van der Waals surface area (Å²) in [4.78, 5) is 17.2. The summed E-state index contributed by atoms with van der Waals surface area (Å²) in [6.07, 6.45) is 9.54. The number of hydrogen-bond acceptors (Lipinski definition) is 4. The van der Waals surface area contributed by atoms with Gasteiger partial charge in [-0.15, -0.1) is 0 Å². The van der Waals surface area contributed by atoms with Crippen molar-refractivity contribution >= 4 is 5.91 Å². The average Bonchev–Trinajstić information content (AvgIpc) is 3.19. The minimum atomic E-state index is 0.319. The molecule has 2 atom stereocenters. The normalized spacial score (nSPS) is 30.5. The molecule has 1 saturated heterocycles. The number of benzene rings is 1. The van der Waals surface area contributed by atoms with E-state index in [-0.39, 0.29) is 0 Å². The Morgan fingerprint density at radius 1 is 1.19 bits per heavy atom. The molecule has 31 heavy (non-hydrogen) atoms. The number of amides is 1. The van der Waals surface area contributed by atoms with E-state index in [1.165, 1.54) is 44.1 Å². The van der Waals surface area contributed by atoms with Gasteiger partial charge in [0.05, 0.1) is 18.2 Å². The lowest BCUT2D eigenvalue weighted by Crippen LogP contribution is -2.44. The quantitative estimate of drug-likeness (QED) is 0.716. The molecule has 0 N–H and O–H groups in total. The Bertz CT molecular complexity index is 851. The van der Waals surface area contributed by atoms with Crippen LogP contribution in [0.25, 0.3) is 0 Å². The van der Waals surface area contributed by atoms with Crippen LogP contribution in [0.5, 0.6) is 5.75 Å². The Labute approximate surface area is 186 Å². The highest BCUT2D eigenvalue weighted by molar-refractivity contribution is 5.79. The summed E-state index contributed by atoms with van der Waals surface area (Å²) in [5.41, 5.74) is 1.97. The van der Waals surface area contributed by atoms with E-state index in [1.54, 1.807) is 0 Å². The Balaban J connectivity index is 1.10. The Hall–Kier alpha value is -2.06. The molecule has 5 heteroatoms. The molecule has 2 heterocycles. The maximum Gasteiger partial charge on any atom is 0.225 e. The number of nitriles is 1. The summed E-state index contributed by atoms with van der Waals surface area (Å²) in [5.74, 6) is 3.53. The highest BCUT2D eigenvalue weighted by Gasteiger charge is 2.39. The molecule has 3 fully saturated rings. The largest absolute Gasteiger partial charge is 0.493 e. The molecule has 166 valence electrons. The van der Waals surface area contributed by atoms with E-state index >= 15 is 0 Å². The summed E-state index contributed by atoms with van der Waals surface area (Å²) in [6, 6.07) is 8.60. The van der Waals surface area contributed by atoms with Gasteiger partial charge in [0.25, 0.3) is 0 Å². The number of carbonyl (C=O) groups is 1. The zero-order valence-corrected chi connectivity index (χ0v) is 18.8. The van der Waals surface area contributed by atoms with Crippen LogP contribution in [0.2, 0.25) is 0 Å². The summed E-state index contributed by atoms with van der Waals surface area (Å²) in [5, 5.41) is 9.26. The molecule has 4 aliphatic rings. The fourth-order valence-electron chi connectivity index (χ4n) is 6.21. The fourth-order valence-corrected chi connectivity index (χ4v) is 6.21. The van der Waals surface area contributed by atoms with Crippen molar-refractivity contribution in [2.45, 2.75) is 63.3 Å². The minimum Gasteiger partial charge on any atom is -0.493 e. The number of ether oxygens (including phenoxy) is 1. The number of carbonyl (C=O) groups excluding carboxylic acids is 1. The molecule has 2 aliphatic carbocycles. The molecule has 1 amide bonds. The fraction of sp³-hybridized carbons (Fsp3) is 0.692. The lowest BCUT2D eigenvalue weighted by atomic mass is 9.81. The van der Waals surface area contributed by atoms with E-state index in [4.69, 9.17) is 4.74 Å². The molecule has 0 bridgehead atoms. The number of hydrogen-bond donors (Lipinski definition) is 0. The number of likely N-dealkylation sites (tertiary alicyclic amines) is 1. The van der Waals surface area contributed by atoms with Crippen molar-refractivity contribution in [3.63, 3.8) is 0 Å². The SMILES string of the molecule is CN(C(=O)C1CCC1)C1CCC(CCN2C[C@H]3COc4ccc(C#N)cc4[C@@H]3C2)CC1. The first kappa shape index (κ1) is 20.8. The van der Waals surface area contributed by atoms with Gasteiger partial charge in [0.2, 0.25) is 5.91 Å². The average molecular weight is 422 g/mol. The van der Waals surface area contributed by atoms with E-state index < -0.39 is 0 Å². The molecule has 0 unspecified atom stereocenters. The number of nitrogens with zero attached hydrogens (tertiary/aromatic N) is 3. The summed E-state index contributed by atoms with van der Waals surface area (Å²) < 4.78 is 5.99. The number of rotatable bonds is 5. The van der Waals surface area contributed by atoms with Crippen LogP contribution >= 0.6 is 0 Å². The molecule has 2 saturated carbocycles. The van der Waals surface area contributed by atoms with Gasteiger partial charge in [-0.25, -0.2) is 0 Å². The predicted molar refractivity (Wildman–Crippen MR) is 120 cm³/mol. The van der Waals surface area contributed by atoms with Gasteiger partial charge in [0.1, 0.15) is 5.75 Å². The summed E-state index contributed by atoms with van der Waals surface area (Å²) in [7, 11) is 2.04. The third kappa shape index (κ3) is 4.20. The van der Waals surface area contributed by atoms with Crippen molar-refractivity contribution in [2.75, 3.05) is 33.3 Å². The van der Waals surface area contributed by atoms with E-state index in [2.05, 4.69) is 15.9 Å². The Morgan fingerprint density at radius 2 is 2.00 bits per heavy atom. The second kappa shape index (κ2) is 8.82. The van der Waals surface area contributed by atoms with Crippen molar-refractivity contribution in [3.8, 4) is 11.8 Å². The molecule has 5 rings (SSSR count). The van der Waals surface area contributed by atoms with Crippen molar-refractivity contribution < 1.29 is 9.53 Å². The van der Waals surface area contributed by atoms with Gasteiger partial charge in [-0.05, 0) is 75.6 Å². The van der Waals surface area contributed by atoms with Crippen LogP contribution in [0.1, 0.15) is 68.4 Å². The molecule has 0 radical (unpaired) electrons. The van der Waals surface area contributed by atoms with E-state index in [9.17, 15) is 10.1 Å². The second-order valence-corrected chi connectivity index (χ2v) is 10.3. The standard InChI is InChI=1S/C26H35N3O2/c1-28(26(30)20-3-2-4-20)22-8-5-18(6-9-22)11-12-29-15-21-17-31-25-10-7-19(14-27)13-23(25)24(21)16-29/h7,10,13,18,20-22,24H,2-6,8-9,11-12,15-17H2,1H3/t18?,21-,22?,24+/m0/s1. The number of fused-ring (bicyclic) bond motifs is 3. The topological polar surface area (TPSA) is 56.6 Å². The van der Waals surface area contributed by atoms with Crippen molar-refractivity contribution in [3.05, 3.63) is 29.3 Å². The lowest BCUT2D eigenvalue weighted by molar-refractivity contribution is -0.139. The van der Waals surface area contributed by atoms with Gasteiger partial charge in [-0.2, -0.15) is 5.26 Å². The molecule has 1 aromatic rings. The first-order chi connectivity index (χ1) is 15.1. The predicted octanol–water partition coefficient (Wildman–Crippen LogP) is 4.17. The summed E-state index contributed by atoms with van der Waals surface area (Å²) in [6.45, 7) is 4.15. The first-order valence-corrected chi connectivity index (χ1v) is 12.3. The Kier molecular flexibility index (Phi) is 5.93. The van der Waals surface area contributed by atoms with Crippen LogP contribution in [-0.2, 0) is 4.79 Å². The zero-order valence-electron chi connectivity index (χ0n) is 18.8. The van der Waals surface area contributed by atoms with Crippen LogP contribution in [0.15, 0.2) is 18.2 Å². The second-order valence-electron chi connectivity index (χ2n) is 10.3. The monoisotopic (exact) mass is 421 g/mol. The maximum atomic E-state index is 12.5. The van der Waals surface area contributed by atoms with Gasteiger partial charge in [0.15, 0.2) is 0 Å². The molecule has 0 aromatic heterocycles. The minimum absolute atomic E-state index is 0.319. The van der Waals surface area contributed by atoms with Crippen LogP contribution in [0, 0.1) is 29.1 Å². The van der Waals surface area contributed by atoms with Gasteiger partial charge in [-0.1, -0.05) is 6.42 Å². The van der Waals surface area contributed by atoms with Crippen LogP contribution in [-0.4, -0.2) is 55.0 Å². The van der Waals surface area contributed by atoms with E-state index in [0.29, 0.717) is 29.7 Å². The van der Waals surface area contributed by atoms with Crippen LogP contribution in [0.4, 0.5) is 0 Å². The maximum absolute atomic E-state index is 12.5. The zero-order chi connectivity index (χ0) is 21.4. The van der Waals surface area contributed by atoms with Gasteiger partial charge in [0, 0.05) is 49.5 Å². The van der Waals surface area contributed by atoms with Crippen molar-refractivity contribution in [1.82, 2.24) is 9.80 Å². The van der Waals surface area contributed by atoms with E-state index in [0.717, 1.165) is 56.3 Å². The van der Waals surface area contributed by atoms with E-state index in [1.807, 2.05) is 25.2 Å². The third-order valence-electron chi connectivity index (χ3n) is 8.53. The smallest absolute Gasteiger partial charge is 0.225 e. The molecule has 1 aromatic carbocycles. The summed E-state index contributed by atoms with van der Waals surface area (Å²) >= 11 is 0. The Morgan fingerprint density at radius 3 is 2.71 bits per heavy atom. The molecular weight excluding hydrogens is 386 g/mol. The van der Waals surface area contributed by atoms with Crippen LogP contribution in [0.3, 0.4) is 0 Å². The van der Waals surface area contributed by atoms with Crippen molar-refractivity contribution in [1.29, 1.82) is 5.26 Å². The highest BCUT2D eigenvalue weighted by atomic mass is 16.5. The lowest BCUT2D eigenvalue weighted by Gasteiger charge is -2.38. The molecule has 0 spiro atoms. The third-order valence-corrected chi connectivity index (χ3v) is 8.53. The van der Waals surface area contributed by atoms with Crippen LogP contribution < -0.4 is 4.74 Å². The van der Waals surface area contributed by atoms with Gasteiger partial charge in [-0.3, -0.25) is 4.79 Å². The van der Waals surface area contributed by atoms with Gasteiger partial charge < -0.3 is 14.5 Å². The first-order valence-electron chi connectivity index (χ1n) is 12.3. The highest BCUT2D eigenvalue weighted by Crippen LogP contribution is 2.42. The molecule has 2 aliphatic heterocycles. The van der Waals surface area contributed by atoms with Crippen molar-refractivity contribution in [2.24, 2.45) is 17.8 Å². The molecule has 5 nitrogen and oxygen atoms in total. The molecular formula is C26H35N3O2.